The Balaban J connectivity index is 1.82. The first-order chi connectivity index (χ1) is 17.3. The van der Waals surface area contributed by atoms with Crippen molar-refractivity contribution in [1.29, 1.82) is 0 Å². The van der Waals surface area contributed by atoms with E-state index in [0.29, 0.717) is 31.2 Å². The van der Waals surface area contributed by atoms with E-state index in [1.54, 1.807) is 17.0 Å². The molecule has 0 saturated carbocycles. The number of nitrogens with one attached hydrogen (secondary N) is 1. The van der Waals surface area contributed by atoms with E-state index in [4.69, 9.17) is 0 Å². The molecule has 4 nitrogen and oxygen atoms in total. The first-order valence-corrected chi connectivity index (χ1v) is 13.5. The number of amides is 2. The van der Waals surface area contributed by atoms with Gasteiger partial charge >= 0.3 is 0 Å². The Hall–Kier alpha value is -3.12. The van der Waals surface area contributed by atoms with Gasteiger partial charge in [0.15, 0.2) is 0 Å². The highest BCUT2D eigenvalue weighted by molar-refractivity contribution is 7.99. The number of carbonyl (C=O) groups is 2. The van der Waals surface area contributed by atoms with Crippen LogP contribution in [0.15, 0.2) is 78.9 Å². The third kappa shape index (κ3) is 8.83. The Bertz CT molecular complexity index is 1100. The monoisotopic (exact) mass is 506 g/mol. The molecule has 0 bridgehead atoms. The van der Waals surface area contributed by atoms with Crippen LogP contribution < -0.4 is 5.32 Å². The topological polar surface area (TPSA) is 49.4 Å². The maximum atomic E-state index is 13.6. The summed E-state index contributed by atoms with van der Waals surface area (Å²) in [4.78, 5) is 28.7. The second kappa shape index (κ2) is 13.8. The number of hydrogen-bond donors (Lipinski definition) is 1. The first kappa shape index (κ1) is 27.5. The third-order valence-corrected chi connectivity index (χ3v) is 6.83. The summed E-state index contributed by atoms with van der Waals surface area (Å²) in [6.45, 7) is 7.02. The second-order valence-corrected chi connectivity index (χ2v) is 10.5. The van der Waals surface area contributed by atoms with Crippen molar-refractivity contribution in [3.63, 3.8) is 0 Å². The zero-order valence-electron chi connectivity index (χ0n) is 21.2. The highest BCUT2D eigenvalue weighted by atomic mass is 32.2. The van der Waals surface area contributed by atoms with Crippen LogP contribution in [0.1, 0.15) is 36.1 Å². The highest BCUT2D eigenvalue weighted by Gasteiger charge is 2.30. The van der Waals surface area contributed by atoms with Crippen molar-refractivity contribution < 1.29 is 14.0 Å². The van der Waals surface area contributed by atoms with Crippen LogP contribution in [0, 0.1) is 18.7 Å². The molecule has 0 aliphatic heterocycles. The largest absolute Gasteiger partial charge is 0.354 e. The van der Waals surface area contributed by atoms with Crippen LogP contribution in [0.4, 0.5) is 4.39 Å². The van der Waals surface area contributed by atoms with Gasteiger partial charge in [-0.1, -0.05) is 86.1 Å². The molecule has 6 heteroatoms. The van der Waals surface area contributed by atoms with Gasteiger partial charge in [-0.25, -0.2) is 4.39 Å². The second-order valence-electron chi connectivity index (χ2n) is 9.47. The number of aryl methyl sites for hydroxylation is 1. The highest BCUT2D eigenvalue weighted by Crippen LogP contribution is 2.19. The average Bonchev–Trinajstić information content (AvgIpc) is 2.87. The molecular weight excluding hydrogens is 471 g/mol. The fourth-order valence-electron chi connectivity index (χ4n) is 3.79. The van der Waals surface area contributed by atoms with Gasteiger partial charge in [0.05, 0.1) is 5.75 Å². The summed E-state index contributed by atoms with van der Waals surface area (Å²) < 4.78 is 13.2. The van der Waals surface area contributed by atoms with Crippen LogP contribution in [0.2, 0.25) is 0 Å². The normalized spacial score (nSPS) is 11.8. The van der Waals surface area contributed by atoms with Gasteiger partial charge in [0, 0.05) is 25.3 Å². The van der Waals surface area contributed by atoms with Crippen LogP contribution in [-0.2, 0) is 28.3 Å². The quantitative estimate of drug-likeness (QED) is 0.339. The van der Waals surface area contributed by atoms with Gasteiger partial charge in [-0.15, -0.1) is 11.8 Å². The Kier molecular flexibility index (Phi) is 10.6. The average molecular weight is 507 g/mol. The van der Waals surface area contributed by atoms with Crippen LogP contribution in [0.25, 0.3) is 0 Å². The predicted molar refractivity (Wildman–Crippen MR) is 146 cm³/mol. The molecule has 190 valence electrons. The summed E-state index contributed by atoms with van der Waals surface area (Å²) in [5.41, 5.74) is 4.08. The minimum Gasteiger partial charge on any atom is -0.354 e. The summed E-state index contributed by atoms with van der Waals surface area (Å²) in [5, 5.41) is 3.04. The number of benzene rings is 3. The zero-order chi connectivity index (χ0) is 25.9. The fourth-order valence-corrected chi connectivity index (χ4v) is 4.66. The van der Waals surface area contributed by atoms with Crippen molar-refractivity contribution in [2.24, 2.45) is 5.92 Å². The van der Waals surface area contributed by atoms with E-state index < -0.39 is 6.04 Å². The molecule has 36 heavy (non-hydrogen) atoms. The Morgan fingerprint density at radius 3 is 2.17 bits per heavy atom. The number of rotatable bonds is 12. The third-order valence-electron chi connectivity index (χ3n) is 5.84. The van der Waals surface area contributed by atoms with Crippen molar-refractivity contribution in [3.05, 3.63) is 107 Å². The number of thioether (sulfide) groups is 1. The van der Waals surface area contributed by atoms with Crippen LogP contribution in [0.3, 0.4) is 0 Å². The zero-order valence-corrected chi connectivity index (χ0v) is 22.1. The lowest BCUT2D eigenvalue weighted by molar-refractivity contribution is -0.139. The molecule has 0 radical (unpaired) electrons. The molecule has 0 unspecified atom stereocenters. The van der Waals surface area contributed by atoms with Gasteiger partial charge in [-0.3, -0.25) is 9.59 Å². The maximum Gasteiger partial charge on any atom is 0.243 e. The molecule has 0 heterocycles. The number of hydrogen-bond acceptors (Lipinski definition) is 3. The standard InChI is InChI=1S/C30H35FN2O2S/c1-22(2)18-32-30(35)28(17-24-7-5-4-6-8-24)33(19-25-11-9-23(3)10-12-25)29(34)21-36-20-26-13-15-27(31)16-14-26/h4-16,22,28H,17-21H2,1-3H3,(H,32,35)/t28-/m0/s1. The molecule has 2 amide bonds. The van der Waals surface area contributed by atoms with Crippen LogP contribution in [0.5, 0.6) is 0 Å². The van der Waals surface area contributed by atoms with Crippen molar-refractivity contribution in [2.45, 2.75) is 45.5 Å². The van der Waals surface area contributed by atoms with Crippen LogP contribution >= 0.6 is 11.8 Å². The SMILES string of the molecule is Cc1ccc(CN(C(=O)CSCc2ccc(F)cc2)[C@@H](Cc2ccccc2)C(=O)NCC(C)C)cc1. The number of nitrogens with zero attached hydrogens (tertiary/aromatic N) is 1. The van der Waals surface area contributed by atoms with Crippen molar-refractivity contribution >= 4 is 23.6 Å². The van der Waals surface area contributed by atoms with Crippen molar-refractivity contribution in [2.75, 3.05) is 12.3 Å². The molecule has 0 fully saturated rings. The van der Waals surface area contributed by atoms with Gasteiger partial charge in [0.1, 0.15) is 11.9 Å². The minimum atomic E-state index is -0.633. The molecule has 3 aromatic carbocycles. The maximum absolute atomic E-state index is 13.6. The molecule has 0 aromatic heterocycles. The summed E-state index contributed by atoms with van der Waals surface area (Å²) in [6, 6.07) is 23.5. The fraction of sp³-hybridized carbons (Fsp3) is 0.333. The van der Waals surface area contributed by atoms with E-state index in [0.717, 1.165) is 22.3 Å². The van der Waals surface area contributed by atoms with E-state index in [1.165, 1.54) is 23.9 Å². The van der Waals surface area contributed by atoms with E-state index in [-0.39, 0.29) is 23.4 Å². The molecule has 1 atom stereocenters. The van der Waals surface area contributed by atoms with E-state index in [2.05, 4.69) is 5.32 Å². The lowest BCUT2D eigenvalue weighted by Gasteiger charge is -2.32. The lowest BCUT2D eigenvalue weighted by Crippen LogP contribution is -2.51. The first-order valence-electron chi connectivity index (χ1n) is 12.3. The lowest BCUT2D eigenvalue weighted by atomic mass is 10.0. The Morgan fingerprint density at radius 1 is 0.889 bits per heavy atom. The van der Waals surface area contributed by atoms with E-state index in [1.807, 2.05) is 75.4 Å². The Morgan fingerprint density at radius 2 is 1.53 bits per heavy atom. The number of carbonyl (C=O) groups excluding carboxylic acids is 2. The number of halogens is 1. The smallest absolute Gasteiger partial charge is 0.243 e. The summed E-state index contributed by atoms with van der Waals surface area (Å²) >= 11 is 1.47. The Labute approximate surface area is 218 Å². The van der Waals surface area contributed by atoms with E-state index in [9.17, 15) is 14.0 Å². The van der Waals surface area contributed by atoms with E-state index >= 15 is 0 Å². The summed E-state index contributed by atoms with van der Waals surface area (Å²) in [6.07, 6.45) is 0.436. The van der Waals surface area contributed by atoms with Crippen molar-refractivity contribution in [1.82, 2.24) is 10.2 Å². The van der Waals surface area contributed by atoms with Gasteiger partial charge in [-0.05, 0) is 41.7 Å². The van der Waals surface area contributed by atoms with Gasteiger partial charge in [-0.2, -0.15) is 0 Å². The molecule has 3 aromatic rings. The summed E-state index contributed by atoms with van der Waals surface area (Å²) in [7, 11) is 0. The van der Waals surface area contributed by atoms with Gasteiger partial charge < -0.3 is 10.2 Å². The molecule has 0 saturated heterocycles. The van der Waals surface area contributed by atoms with Crippen molar-refractivity contribution in [3.8, 4) is 0 Å². The van der Waals surface area contributed by atoms with Gasteiger partial charge in [0.25, 0.3) is 0 Å². The molecule has 1 N–H and O–H groups in total. The molecule has 3 rings (SSSR count). The molecule has 0 spiro atoms. The van der Waals surface area contributed by atoms with Crippen LogP contribution in [-0.4, -0.2) is 35.1 Å². The summed E-state index contributed by atoms with van der Waals surface area (Å²) in [5.74, 6) is 0.609. The predicted octanol–water partition coefficient (Wildman–Crippen LogP) is 5.78. The molecule has 0 aliphatic rings. The van der Waals surface area contributed by atoms with Gasteiger partial charge in [0.2, 0.25) is 11.8 Å². The molecule has 0 aliphatic carbocycles. The minimum absolute atomic E-state index is 0.0942. The molecular formula is C30H35FN2O2S.